The van der Waals surface area contributed by atoms with Crippen LogP contribution in [-0.2, 0) is 0 Å². The third kappa shape index (κ3) is 3.35. The Kier molecular flexibility index (Phi) is 4.44. The van der Waals surface area contributed by atoms with Gasteiger partial charge in [0.2, 0.25) is 5.89 Å². The summed E-state index contributed by atoms with van der Waals surface area (Å²) in [6, 6.07) is 7.21. The van der Waals surface area contributed by atoms with Gasteiger partial charge in [-0.1, -0.05) is 13.8 Å². The van der Waals surface area contributed by atoms with Crippen LogP contribution in [0.4, 0.5) is 10.1 Å². The molecule has 0 unspecified atom stereocenters. The molecule has 0 saturated carbocycles. The van der Waals surface area contributed by atoms with Crippen LogP contribution in [-0.4, -0.2) is 16.1 Å². The molecule has 0 bridgehead atoms. The molecule has 1 amide bonds. The molecule has 124 valence electrons. The van der Waals surface area contributed by atoms with Gasteiger partial charge < -0.3 is 9.73 Å². The summed E-state index contributed by atoms with van der Waals surface area (Å²) in [4.78, 5) is 14.0. The molecule has 0 aliphatic carbocycles. The van der Waals surface area contributed by atoms with Crippen molar-refractivity contribution < 1.29 is 13.6 Å². The summed E-state index contributed by atoms with van der Waals surface area (Å²) in [5.41, 5.74) is 1.07. The lowest BCUT2D eigenvalue weighted by Crippen LogP contribution is -2.11. The summed E-state index contributed by atoms with van der Waals surface area (Å²) in [6.45, 7) is 5.85. The van der Waals surface area contributed by atoms with Crippen LogP contribution in [0.2, 0.25) is 0 Å². The number of amides is 1. The number of nitrogens with zero attached hydrogens (tertiary/aromatic N) is 2. The van der Waals surface area contributed by atoms with Gasteiger partial charge in [0.25, 0.3) is 11.8 Å². The van der Waals surface area contributed by atoms with Crippen molar-refractivity contribution in [1.82, 2.24) is 10.2 Å². The van der Waals surface area contributed by atoms with Crippen LogP contribution >= 0.6 is 11.3 Å². The zero-order valence-corrected chi connectivity index (χ0v) is 14.3. The van der Waals surface area contributed by atoms with Gasteiger partial charge in [-0.25, -0.2) is 4.39 Å². The highest BCUT2D eigenvalue weighted by atomic mass is 32.1. The number of carbonyl (C=O) groups excluding carboxylic acids is 1. The molecule has 2 heterocycles. The number of halogens is 1. The van der Waals surface area contributed by atoms with Crippen LogP contribution < -0.4 is 5.32 Å². The Morgan fingerprint density at radius 3 is 2.58 bits per heavy atom. The number of aryl methyl sites for hydroxylation is 1. The number of thiophene rings is 1. The Morgan fingerprint density at radius 2 is 1.96 bits per heavy atom. The molecule has 3 rings (SSSR count). The lowest BCUT2D eigenvalue weighted by molar-refractivity contribution is 0.102. The van der Waals surface area contributed by atoms with Crippen molar-refractivity contribution in [1.29, 1.82) is 0 Å². The Balaban J connectivity index is 1.80. The Bertz CT molecular complexity index is 868. The van der Waals surface area contributed by atoms with Crippen molar-refractivity contribution >= 4 is 22.9 Å². The standard InChI is InChI=1S/C17H16FN3O2S/c1-9(2)16-20-21-17(23-16)14-8-13(10(3)24-14)19-15(22)11-4-6-12(18)7-5-11/h4-9H,1-3H3,(H,19,22). The van der Waals surface area contributed by atoms with E-state index in [2.05, 4.69) is 15.5 Å². The number of rotatable bonds is 4. The van der Waals surface area contributed by atoms with Crippen LogP contribution in [0.3, 0.4) is 0 Å². The average molecular weight is 345 g/mol. The maximum Gasteiger partial charge on any atom is 0.257 e. The predicted octanol–water partition coefficient (Wildman–Crippen LogP) is 4.62. The van der Waals surface area contributed by atoms with Crippen LogP contribution in [0.5, 0.6) is 0 Å². The molecule has 0 aliphatic rings. The molecule has 0 spiro atoms. The summed E-state index contributed by atoms with van der Waals surface area (Å²) < 4.78 is 18.6. The average Bonchev–Trinajstić information content (AvgIpc) is 3.15. The lowest BCUT2D eigenvalue weighted by Gasteiger charge is -2.04. The van der Waals surface area contributed by atoms with Gasteiger partial charge in [0.1, 0.15) is 5.82 Å². The highest BCUT2D eigenvalue weighted by molar-refractivity contribution is 7.15. The topological polar surface area (TPSA) is 68.0 Å². The van der Waals surface area contributed by atoms with E-state index in [9.17, 15) is 9.18 Å². The van der Waals surface area contributed by atoms with Gasteiger partial charge in [0.15, 0.2) is 0 Å². The molecule has 0 saturated heterocycles. The third-order valence-corrected chi connectivity index (χ3v) is 4.46. The molecule has 7 heteroatoms. The Hall–Kier alpha value is -2.54. The molecule has 2 aromatic heterocycles. The van der Waals surface area contributed by atoms with Crippen molar-refractivity contribution in [2.75, 3.05) is 5.32 Å². The number of benzene rings is 1. The maximum absolute atomic E-state index is 12.9. The normalized spacial score (nSPS) is 11.0. The Labute approximate surface area is 142 Å². The van der Waals surface area contributed by atoms with E-state index in [0.717, 1.165) is 9.75 Å². The van der Waals surface area contributed by atoms with E-state index in [1.165, 1.54) is 35.6 Å². The number of carbonyl (C=O) groups is 1. The molecule has 0 fully saturated rings. The van der Waals surface area contributed by atoms with E-state index in [4.69, 9.17) is 4.42 Å². The largest absolute Gasteiger partial charge is 0.420 e. The first-order chi connectivity index (χ1) is 11.4. The predicted molar refractivity (Wildman–Crippen MR) is 90.8 cm³/mol. The molecule has 3 aromatic rings. The van der Waals surface area contributed by atoms with E-state index in [0.29, 0.717) is 23.0 Å². The van der Waals surface area contributed by atoms with E-state index in [1.54, 1.807) is 6.07 Å². The highest BCUT2D eigenvalue weighted by Crippen LogP contribution is 2.34. The van der Waals surface area contributed by atoms with E-state index in [-0.39, 0.29) is 17.6 Å². The second-order valence-corrected chi connectivity index (χ2v) is 6.90. The smallest absolute Gasteiger partial charge is 0.257 e. The van der Waals surface area contributed by atoms with Gasteiger partial charge in [0.05, 0.1) is 10.6 Å². The second kappa shape index (κ2) is 6.52. The summed E-state index contributed by atoms with van der Waals surface area (Å²) in [5.74, 6) is 0.501. The van der Waals surface area contributed by atoms with Crippen molar-refractivity contribution in [2.24, 2.45) is 0 Å². The summed E-state index contributed by atoms with van der Waals surface area (Å²) in [5, 5.41) is 10.9. The van der Waals surface area contributed by atoms with Crippen molar-refractivity contribution in [3.63, 3.8) is 0 Å². The van der Waals surface area contributed by atoms with Gasteiger partial charge >= 0.3 is 0 Å². The summed E-state index contributed by atoms with van der Waals surface area (Å²) in [6.07, 6.45) is 0. The summed E-state index contributed by atoms with van der Waals surface area (Å²) >= 11 is 1.46. The summed E-state index contributed by atoms with van der Waals surface area (Å²) in [7, 11) is 0. The number of nitrogens with one attached hydrogen (secondary N) is 1. The fraction of sp³-hybridized carbons (Fsp3) is 0.235. The molecule has 24 heavy (non-hydrogen) atoms. The van der Waals surface area contributed by atoms with Gasteiger partial charge in [-0.2, -0.15) is 0 Å². The molecule has 0 aliphatic heterocycles. The minimum atomic E-state index is -0.377. The number of hydrogen-bond acceptors (Lipinski definition) is 5. The number of anilines is 1. The molecule has 1 N–H and O–H groups in total. The zero-order chi connectivity index (χ0) is 17.3. The van der Waals surface area contributed by atoms with Crippen molar-refractivity contribution in [3.8, 4) is 10.8 Å². The minimum absolute atomic E-state index is 0.157. The molecule has 0 radical (unpaired) electrons. The molecular formula is C17H16FN3O2S. The monoisotopic (exact) mass is 345 g/mol. The first-order valence-corrected chi connectivity index (χ1v) is 8.27. The minimum Gasteiger partial charge on any atom is -0.420 e. The van der Waals surface area contributed by atoms with Crippen molar-refractivity contribution in [3.05, 3.63) is 52.5 Å². The van der Waals surface area contributed by atoms with Crippen LogP contribution in [0.1, 0.15) is 40.9 Å². The number of hydrogen-bond donors (Lipinski definition) is 1. The van der Waals surface area contributed by atoms with E-state index in [1.807, 2.05) is 20.8 Å². The lowest BCUT2D eigenvalue weighted by atomic mass is 10.2. The van der Waals surface area contributed by atoms with Crippen LogP contribution in [0.15, 0.2) is 34.7 Å². The quantitative estimate of drug-likeness (QED) is 0.749. The maximum atomic E-state index is 12.9. The van der Waals surface area contributed by atoms with Crippen LogP contribution in [0, 0.1) is 12.7 Å². The zero-order valence-electron chi connectivity index (χ0n) is 13.5. The van der Waals surface area contributed by atoms with Gasteiger partial charge in [-0.15, -0.1) is 21.5 Å². The molecule has 0 atom stereocenters. The second-order valence-electron chi connectivity index (χ2n) is 5.64. The van der Waals surface area contributed by atoms with E-state index < -0.39 is 0 Å². The first kappa shape index (κ1) is 16.3. The Morgan fingerprint density at radius 1 is 1.25 bits per heavy atom. The fourth-order valence-corrected chi connectivity index (χ4v) is 2.97. The van der Waals surface area contributed by atoms with Gasteiger partial charge in [-0.05, 0) is 37.3 Å². The molecular weight excluding hydrogens is 329 g/mol. The van der Waals surface area contributed by atoms with Crippen LogP contribution in [0.25, 0.3) is 10.8 Å². The fourth-order valence-electron chi connectivity index (χ4n) is 2.07. The van der Waals surface area contributed by atoms with Gasteiger partial charge in [0, 0.05) is 16.4 Å². The SMILES string of the molecule is Cc1sc(-c2nnc(C(C)C)o2)cc1NC(=O)c1ccc(F)cc1. The van der Waals surface area contributed by atoms with Gasteiger partial charge in [-0.3, -0.25) is 4.79 Å². The van der Waals surface area contributed by atoms with Crippen molar-refractivity contribution in [2.45, 2.75) is 26.7 Å². The highest BCUT2D eigenvalue weighted by Gasteiger charge is 2.16. The molecule has 5 nitrogen and oxygen atoms in total. The first-order valence-electron chi connectivity index (χ1n) is 7.45. The molecule has 1 aromatic carbocycles. The number of aromatic nitrogens is 2. The third-order valence-electron chi connectivity index (χ3n) is 3.42. The van der Waals surface area contributed by atoms with E-state index >= 15 is 0 Å².